The van der Waals surface area contributed by atoms with Gasteiger partial charge in [0.05, 0.1) is 15.9 Å². The molecule has 0 unspecified atom stereocenters. The molecule has 10 aromatic rings. The number of hydrogen-bond donors (Lipinski definition) is 0. The van der Waals surface area contributed by atoms with Gasteiger partial charge in [-0.2, -0.15) is 0 Å². The van der Waals surface area contributed by atoms with Gasteiger partial charge in [-0.15, -0.1) is 11.3 Å². The van der Waals surface area contributed by atoms with Gasteiger partial charge in [-0.25, -0.2) is 4.98 Å². The lowest BCUT2D eigenvalue weighted by Crippen LogP contribution is -2.10. The summed E-state index contributed by atoms with van der Waals surface area (Å²) in [4.78, 5) is 7.64. The molecule has 0 aliphatic rings. The standard InChI is InChI=1S/C49H32N2S/c1-3-12-33(13-4-1)34-22-27-39(28-23-34)51(46-21-11-17-36-14-7-8-18-41(36)46)40-29-24-35(25-30-40)38-26-31-43-42-19-9-10-20-44(42)48-47(45(43)32-38)50-49(52-48)37-15-5-2-6-16-37/h1-32H. The van der Waals surface area contributed by atoms with Crippen molar-refractivity contribution in [1.29, 1.82) is 0 Å². The number of rotatable bonds is 6. The summed E-state index contributed by atoms with van der Waals surface area (Å²) in [5.41, 5.74) is 10.3. The third kappa shape index (κ3) is 5.22. The fourth-order valence-electron chi connectivity index (χ4n) is 7.53. The van der Waals surface area contributed by atoms with Crippen LogP contribution < -0.4 is 4.90 Å². The smallest absolute Gasteiger partial charge is 0.124 e. The van der Waals surface area contributed by atoms with Crippen LogP contribution in [0.15, 0.2) is 194 Å². The van der Waals surface area contributed by atoms with E-state index in [1.165, 1.54) is 59.3 Å². The molecule has 0 atom stereocenters. The molecule has 3 heteroatoms. The molecule has 1 aromatic heterocycles. The Morgan fingerprint density at radius 3 is 1.60 bits per heavy atom. The van der Waals surface area contributed by atoms with Crippen LogP contribution in [-0.4, -0.2) is 4.98 Å². The largest absolute Gasteiger partial charge is 0.310 e. The van der Waals surface area contributed by atoms with E-state index in [0.717, 1.165) is 33.1 Å². The van der Waals surface area contributed by atoms with Gasteiger partial charge in [0.1, 0.15) is 5.01 Å². The molecule has 0 spiro atoms. The third-order valence-electron chi connectivity index (χ3n) is 10.1. The van der Waals surface area contributed by atoms with Crippen molar-refractivity contribution >= 4 is 70.9 Å². The van der Waals surface area contributed by atoms with Crippen molar-refractivity contribution in [2.75, 3.05) is 4.90 Å². The molecule has 52 heavy (non-hydrogen) atoms. The van der Waals surface area contributed by atoms with Crippen LogP contribution in [0.1, 0.15) is 0 Å². The second-order valence-electron chi connectivity index (χ2n) is 13.2. The first-order chi connectivity index (χ1) is 25.8. The molecule has 0 fully saturated rings. The van der Waals surface area contributed by atoms with Crippen LogP contribution in [0.3, 0.4) is 0 Å². The maximum absolute atomic E-state index is 5.26. The molecule has 9 aromatic carbocycles. The highest BCUT2D eigenvalue weighted by atomic mass is 32.1. The zero-order chi connectivity index (χ0) is 34.4. The predicted octanol–water partition coefficient (Wildman–Crippen LogP) is 14.2. The Labute approximate surface area is 306 Å². The van der Waals surface area contributed by atoms with E-state index >= 15 is 0 Å². The minimum absolute atomic E-state index is 1.05. The Morgan fingerprint density at radius 2 is 0.885 bits per heavy atom. The lowest BCUT2D eigenvalue weighted by atomic mass is 9.96. The molecule has 0 aliphatic carbocycles. The van der Waals surface area contributed by atoms with Crippen molar-refractivity contribution in [2.24, 2.45) is 0 Å². The molecule has 0 saturated heterocycles. The second-order valence-corrected chi connectivity index (χ2v) is 14.2. The number of fused-ring (bicyclic) bond motifs is 7. The second kappa shape index (κ2) is 12.6. The minimum Gasteiger partial charge on any atom is -0.310 e. The zero-order valence-corrected chi connectivity index (χ0v) is 29.1. The van der Waals surface area contributed by atoms with Crippen molar-refractivity contribution in [3.8, 4) is 32.8 Å². The number of benzene rings is 9. The van der Waals surface area contributed by atoms with Crippen LogP contribution in [0.25, 0.3) is 75.4 Å². The molecular weight excluding hydrogens is 649 g/mol. The Bertz CT molecular complexity index is 2870. The van der Waals surface area contributed by atoms with E-state index in [4.69, 9.17) is 4.98 Å². The molecular formula is C49H32N2S. The summed E-state index contributed by atoms with van der Waals surface area (Å²) in [7, 11) is 0. The maximum Gasteiger partial charge on any atom is 0.124 e. The number of hydrogen-bond acceptors (Lipinski definition) is 3. The van der Waals surface area contributed by atoms with Gasteiger partial charge in [0.25, 0.3) is 0 Å². The van der Waals surface area contributed by atoms with Gasteiger partial charge in [0.15, 0.2) is 0 Å². The zero-order valence-electron chi connectivity index (χ0n) is 28.3. The third-order valence-corrected chi connectivity index (χ3v) is 11.2. The first-order valence-electron chi connectivity index (χ1n) is 17.6. The Morgan fingerprint density at radius 1 is 0.365 bits per heavy atom. The van der Waals surface area contributed by atoms with Crippen LogP contribution in [0.5, 0.6) is 0 Å². The Kier molecular flexibility index (Phi) is 7.37. The summed E-state index contributed by atoms with van der Waals surface area (Å²) < 4.78 is 1.23. The average molecular weight is 681 g/mol. The van der Waals surface area contributed by atoms with Crippen LogP contribution in [0, 0.1) is 0 Å². The lowest BCUT2D eigenvalue weighted by molar-refractivity contribution is 1.30. The summed E-state index contributed by atoms with van der Waals surface area (Å²) >= 11 is 1.78. The molecule has 0 bridgehead atoms. The van der Waals surface area contributed by atoms with E-state index in [1.54, 1.807) is 11.3 Å². The summed E-state index contributed by atoms with van der Waals surface area (Å²) in [6, 6.07) is 69.8. The van der Waals surface area contributed by atoms with Gasteiger partial charge in [-0.3, -0.25) is 0 Å². The van der Waals surface area contributed by atoms with Crippen LogP contribution in [0.4, 0.5) is 17.1 Å². The number of anilines is 3. The SMILES string of the molecule is c1ccc(-c2ccc(N(c3ccc(-c4ccc5c6ccccc6c6sc(-c7ccccc7)nc6c5c4)cc3)c3cccc4ccccc34)cc2)cc1. The first kappa shape index (κ1) is 30.3. The quantitative estimate of drug-likeness (QED) is 0.163. The molecule has 0 saturated carbocycles. The van der Waals surface area contributed by atoms with Crippen molar-refractivity contribution in [3.63, 3.8) is 0 Å². The van der Waals surface area contributed by atoms with Gasteiger partial charge in [0, 0.05) is 33.1 Å². The molecule has 0 amide bonds. The first-order valence-corrected chi connectivity index (χ1v) is 18.4. The highest BCUT2D eigenvalue weighted by molar-refractivity contribution is 7.22. The van der Waals surface area contributed by atoms with Gasteiger partial charge >= 0.3 is 0 Å². The van der Waals surface area contributed by atoms with Crippen LogP contribution >= 0.6 is 11.3 Å². The highest BCUT2D eigenvalue weighted by Crippen LogP contribution is 2.43. The summed E-state index contributed by atoms with van der Waals surface area (Å²) in [5, 5.41) is 8.42. The molecule has 10 rings (SSSR count). The average Bonchev–Trinajstić information content (AvgIpc) is 3.69. The van der Waals surface area contributed by atoms with Gasteiger partial charge in [0.2, 0.25) is 0 Å². The van der Waals surface area contributed by atoms with Gasteiger partial charge < -0.3 is 4.90 Å². The number of nitrogens with zero attached hydrogens (tertiary/aromatic N) is 2. The molecule has 0 radical (unpaired) electrons. The van der Waals surface area contributed by atoms with E-state index in [9.17, 15) is 0 Å². The molecule has 0 aliphatic heterocycles. The fraction of sp³-hybridized carbons (Fsp3) is 0. The van der Waals surface area contributed by atoms with Gasteiger partial charge in [-0.1, -0.05) is 158 Å². The maximum atomic E-state index is 5.26. The Hall–Kier alpha value is -6.55. The van der Waals surface area contributed by atoms with E-state index in [-0.39, 0.29) is 0 Å². The van der Waals surface area contributed by atoms with E-state index in [0.29, 0.717) is 0 Å². The van der Waals surface area contributed by atoms with Crippen LogP contribution in [0.2, 0.25) is 0 Å². The topological polar surface area (TPSA) is 16.1 Å². The highest BCUT2D eigenvalue weighted by Gasteiger charge is 2.18. The lowest BCUT2D eigenvalue weighted by Gasteiger charge is -2.27. The summed E-state index contributed by atoms with van der Waals surface area (Å²) in [6.07, 6.45) is 0. The van der Waals surface area contributed by atoms with E-state index in [2.05, 4.69) is 199 Å². The van der Waals surface area contributed by atoms with Crippen LogP contribution in [-0.2, 0) is 0 Å². The molecule has 0 N–H and O–H groups in total. The monoisotopic (exact) mass is 680 g/mol. The van der Waals surface area contributed by atoms with Gasteiger partial charge in [-0.05, 0) is 74.8 Å². The van der Waals surface area contributed by atoms with Crippen molar-refractivity contribution in [2.45, 2.75) is 0 Å². The minimum atomic E-state index is 1.05. The molecule has 2 nitrogen and oxygen atoms in total. The van der Waals surface area contributed by atoms with Crippen molar-refractivity contribution in [3.05, 3.63) is 194 Å². The van der Waals surface area contributed by atoms with E-state index < -0.39 is 0 Å². The fourth-order valence-corrected chi connectivity index (χ4v) is 8.65. The van der Waals surface area contributed by atoms with E-state index in [1.807, 2.05) is 0 Å². The predicted molar refractivity (Wildman–Crippen MR) is 223 cm³/mol. The number of thiazole rings is 1. The number of aromatic nitrogens is 1. The van der Waals surface area contributed by atoms with Crippen molar-refractivity contribution < 1.29 is 0 Å². The Balaban J connectivity index is 1.09. The summed E-state index contributed by atoms with van der Waals surface area (Å²) in [6.45, 7) is 0. The molecule has 1 heterocycles. The van der Waals surface area contributed by atoms with Crippen molar-refractivity contribution in [1.82, 2.24) is 4.98 Å². The summed E-state index contributed by atoms with van der Waals surface area (Å²) in [5.74, 6) is 0. The normalized spacial score (nSPS) is 11.5. The molecule has 244 valence electrons.